The number of anilines is 1. The number of furan rings is 1. The fourth-order valence-corrected chi connectivity index (χ4v) is 7.05. The van der Waals surface area contributed by atoms with Gasteiger partial charge in [-0.25, -0.2) is 9.79 Å². The van der Waals surface area contributed by atoms with E-state index in [1.165, 1.54) is 11.3 Å². The molecule has 4 heterocycles. The molecule has 0 amide bonds. The Morgan fingerprint density at radius 3 is 2.60 bits per heavy atom. The molecule has 1 saturated heterocycles. The third-order valence-corrected chi connectivity index (χ3v) is 9.36. The number of fused-ring (bicyclic) bond motifs is 1. The molecule has 2 aliphatic rings. The van der Waals surface area contributed by atoms with Crippen LogP contribution in [0.15, 0.2) is 89.8 Å². The van der Waals surface area contributed by atoms with E-state index in [2.05, 4.69) is 20.8 Å². The number of esters is 1. The fourth-order valence-electron chi connectivity index (χ4n) is 5.10. The summed E-state index contributed by atoms with van der Waals surface area (Å²) < 4.78 is 20.1. The topological polar surface area (TPSA) is 86.3 Å². The van der Waals surface area contributed by atoms with E-state index in [-0.39, 0.29) is 12.2 Å². The highest BCUT2D eigenvalue weighted by atomic mass is 79.9. The Labute approximate surface area is 259 Å². The summed E-state index contributed by atoms with van der Waals surface area (Å²) in [7, 11) is 0. The summed E-state index contributed by atoms with van der Waals surface area (Å²) in [6, 6.07) is 18.6. The molecule has 42 heavy (non-hydrogen) atoms. The zero-order valence-electron chi connectivity index (χ0n) is 23.0. The molecule has 0 spiro atoms. The minimum atomic E-state index is -0.721. The summed E-state index contributed by atoms with van der Waals surface area (Å²) >= 11 is 6.51. The number of morpholine rings is 1. The average Bonchev–Trinajstić information content (AvgIpc) is 3.55. The van der Waals surface area contributed by atoms with Crippen molar-refractivity contribution in [3.63, 3.8) is 0 Å². The van der Waals surface area contributed by atoms with Crippen LogP contribution in [0.25, 0.3) is 11.8 Å². The molecule has 8 nitrogen and oxygen atoms in total. The second kappa shape index (κ2) is 12.5. The first-order valence-electron chi connectivity index (χ1n) is 13.5. The smallest absolute Gasteiger partial charge is 0.338 e. The van der Waals surface area contributed by atoms with E-state index in [0.29, 0.717) is 45.5 Å². The molecule has 0 saturated carbocycles. The lowest BCUT2D eigenvalue weighted by molar-refractivity contribution is -0.138. The van der Waals surface area contributed by atoms with Gasteiger partial charge in [0.1, 0.15) is 5.76 Å². The number of aromatic nitrogens is 1. The van der Waals surface area contributed by atoms with Gasteiger partial charge in [-0.2, -0.15) is 0 Å². The molecule has 2 aromatic carbocycles. The monoisotopic (exact) mass is 665 g/mol. The molecule has 2 aromatic heterocycles. The Morgan fingerprint density at radius 2 is 1.90 bits per heavy atom. The Kier molecular flexibility index (Phi) is 8.53. The molecule has 11 heteroatoms. The second-order valence-corrected chi connectivity index (χ2v) is 12.3. The van der Waals surface area contributed by atoms with Gasteiger partial charge < -0.3 is 18.8 Å². The van der Waals surface area contributed by atoms with Crippen LogP contribution in [0.2, 0.25) is 0 Å². The zero-order chi connectivity index (χ0) is 29.2. The van der Waals surface area contributed by atoms with Gasteiger partial charge in [0.25, 0.3) is 5.56 Å². The lowest BCUT2D eigenvalue weighted by Crippen LogP contribution is -2.40. The molecule has 0 N–H and O–H groups in total. The third-order valence-electron chi connectivity index (χ3n) is 7.06. The maximum absolute atomic E-state index is 14.1. The van der Waals surface area contributed by atoms with Crippen LogP contribution < -0.4 is 19.8 Å². The van der Waals surface area contributed by atoms with E-state index >= 15 is 0 Å². The van der Waals surface area contributed by atoms with Gasteiger partial charge in [0, 0.05) is 35.7 Å². The highest BCUT2D eigenvalue weighted by Gasteiger charge is 2.35. The van der Waals surface area contributed by atoms with Crippen molar-refractivity contribution in [2.45, 2.75) is 17.9 Å². The third kappa shape index (κ3) is 5.54. The summed E-state index contributed by atoms with van der Waals surface area (Å²) in [5.41, 5.74) is 2.13. The molecule has 216 valence electrons. The van der Waals surface area contributed by atoms with Crippen LogP contribution in [-0.2, 0) is 14.3 Å². The van der Waals surface area contributed by atoms with Crippen molar-refractivity contribution in [3.8, 4) is 0 Å². The largest absolute Gasteiger partial charge is 0.463 e. The standard InChI is InChI=1S/C31H28BrN3O5S2/c1-3-39-30(37)25-26(19-7-5-4-6-8-19)33-31-35(27(25)20-9-11-22(41-2)12-10-20)28(36)24(42-31)18-21-17-23(32)29(40-21)34-13-15-38-16-14-34/h4-12,17-18,27H,3,13-16H2,1-2H3. The maximum atomic E-state index is 14.1. The Bertz CT molecular complexity index is 1820. The number of thiazole rings is 1. The van der Waals surface area contributed by atoms with Gasteiger partial charge in [-0.3, -0.25) is 9.36 Å². The normalized spacial score (nSPS) is 17.3. The van der Waals surface area contributed by atoms with Gasteiger partial charge in [0.2, 0.25) is 5.88 Å². The van der Waals surface area contributed by atoms with Crippen molar-refractivity contribution in [1.29, 1.82) is 0 Å². The summed E-state index contributed by atoms with van der Waals surface area (Å²) in [5.74, 6) is 0.751. The van der Waals surface area contributed by atoms with Crippen LogP contribution in [0.5, 0.6) is 0 Å². The first-order chi connectivity index (χ1) is 20.5. The summed E-state index contributed by atoms with van der Waals surface area (Å²) in [5, 5.41) is 0. The SMILES string of the molecule is CCOC(=O)C1=C(c2ccccc2)N=c2sc(=Cc3cc(Br)c(N4CCOCC4)o3)c(=O)n2C1c1ccc(SC)cc1. The van der Waals surface area contributed by atoms with Crippen LogP contribution in [0, 0.1) is 0 Å². The highest BCUT2D eigenvalue weighted by molar-refractivity contribution is 9.10. The molecule has 2 aliphatic heterocycles. The minimum Gasteiger partial charge on any atom is -0.463 e. The first-order valence-corrected chi connectivity index (χ1v) is 16.4. The van der Waals surface area contributed by atoms with Crippen molar-refractivity contribution in [3.05, 3.63) is 107 Å². The minimum absolute atomic E-state index is 0.200. The van der Waals surface area contributed by atoms with Crippen LogP contribution in [0.4, 0.5) is 5.88 Å². The number of rotatable bonds is 7. The van der Waals surface area contributed by atoms with Gasteiger partial charge in [0.15, 0.2) is 4.80 Å². The number of hydrogen-bond acceptors (Lipinski definition) is 9. The van der Waals surface area contributed by atoms with Crippen LogP contribution >= 0.6 is 39.0 Å². The van der Waals surface area contributed by atoms with Crippen LogP contribution in [0.3, 0.4) is 0 Å². The number of carbonyl (C=O) groups excluding carboxylic acids is 1. The molecule has 1 atom stereocenters. The van der Waals surface area contributed by atoms with E-state index in [9.17, 15) is 9.59 Å². The molecule has 1 unspecified atom stereocenters. The molecular weight excluding hydrogens is 638 g/mol. The number of nitrogens with zero attached hydrogens (tertiary/aromatic N) is 3. The Balaban J connectivity index is 1.55. The summed E-state index contributed by atoms with van der Waals surface area (Å²) in [4.78, 5) is 36.3. The fraction of sp³-hybridized carbons (Fsp3) is 0.258. The van der Waals surface area contributed by atoms with E-state index in [0.717, 1.165) is 33.6 Å². The summed E-state index contributed by atoms with van der Waals surface area (Å²) in [6.07, 6.45) is 3.75. The van der Waals surface area contributed by atoms with Crippen LogP contribution in [-0.4, -0.2) is 49.7 Å². The lowest BCUT2D eigenvalue weighted by atomic mass is 9.93. The molecule has 0 aliphatic carbocycles. The molecule has 6 rings (SSSR count). The quantitative estimate of drug-likeness (QED) is 0.206. The predicted octanol–water partition coefficient (Wildman–Crippen LogP) is 4.85. The van der Waals surface area contributed by atoms with E-state index < -0.39 is 12.0 Å². The van der Waals surface area contributed by atoms with E-state index in [1.807, 2.05) is 66.9 Å². The van der Waals surface area contributed by atoms with Crippen LogP contribution in [0.1, 0.15) is 29.9 Å². The molecule has 1 fully saturated rings. The predicted molar refractivity (Wildman–Crippen MR) is 169 cm³/mol. The zero-order valence-corrected chi connectivity index (χ0v) is 26.3. The molecule has 0 bridgehead atoms. The van der Waals surface area contributed by atoms with Gasteiger partial charge in [0.05, 0.1) is 46.1 Å². The van der Waals surface area contributed by atoms with Gasteiger partial charge in [-0.15, -0.1) is 11.8 Å². The maximum Gasteiger partial charge on any atom is 0.338 e. The van der Waals surface area contributed by atoms with Gasteiger partial charge >= 0.3 is 5.97 Å². The van der Waals surface area contributed by atoms with Crippen molar-refractivity contribution >= 4 is 62.7 Å². The van der Waals surface area contributed by atoms with Gasteiger partial charge in [-0.1, -0.05) is 53.8 Å². The number of carbonyl (C=O) groups is 1. The number of benzene rings is 2. The van der Waals surface area contributed by atoms with Crippen molar-refractivity contribution in [2.24, 2.45) is 4.99 Å². The van der Waals surface area contributed by atoms with Crippen molar-refractivity contribution in [1.82, 2.24) is 4.57 Å². The molecular formula is C31H28BrN3O5S2. The Hall–Kier alpha value is -3.38. The number of halogens is 1. The Morgan fingerprint density at radius 1 is 1.17 bits per heavy atom. The molecule has 0 radical (unpaired) electrons. The second-order valence-electron chi connectivity index (χ2n) is 9.61. The van der Waals surface area contributed by atoms with Crippen molar-refractivity contribution in [2.75, 3.05) is 44.1 Å². The van der Waals surface area contributed by atoms with E-state index in [1.54, 1.807) is 29.3 Å². The van der Waals surface area contributed by atoms with E-state index in [4.69, 9.17) is 18.9 Å². The highest BCUT2D eigenvalue weighted by Crippen LogP contribution is 2.36. The van der Waals surface area contributed by atoms with Gasteiger partial charge in [-0.05, 0) is 46.8 Å². The number of hydrogen-bond donors (Lipinski definition) is 0. The lowest BCUT2D eigenvalue weighted by Gasteiger charge is -2.26. The van der Waals surface area contributed by atoms with Crippen molar-refractivity contribution < 1.29 is 18.7 Å². The number of ether oxygens (including phenoxy) is 2. The average molecular weight is 667 g/mol. The summed E-state index contributed by atoms with van der Waals surface area (Å²) in [6.45, 7) is 4.68. The molecule has 4 aromatic rings. The number of thioether (sulfide) groups is 1. The first kappa shape index (κ1) is 28.7.